The third-order valence-electron chi connectivity index (χ3n) is 7.71. The van der Waals surface area contributed by atoms with Crippen LogP contribution in [0.15, 0.2) is 77.7 Å². The smallest absolute Gasteiger partial charge is 0.264 e. The van der Waals surface area contributed by atoms with Gasteiger partial charge >= 0.3 is 0 Å². The molecular weight excluding hydrogens is 602 g/mol. The summed E-state index contributed by atoms with van der Waals surface area (Å²) < 4.78 is 40.4. The Morgan fingerprint density at radius 2 is 1.64 bits per heavy atom. The molecule has 1 fully saturated rings. The van der Waals surface area contributed by atoms with Crippen molar-refractivity contribution < 1.29 is 27.5 Å². The van der Waals surface area contributed by atoms with Gasteiger partial charge in [0.25, 0.3) is 10.0 Å². The van der Waals surface area contributed by atoms with Crippen LogP contribution in [0.2, 0.25) is 5.02 Å². The Labute approximate surface area is 265 Å². The number of nitrogens with zero attached hydrogens (tertiary/aromatic N) is 2. The Morgan fingerprint density at radius 1 is 0.977 bits per heavy atom. The van der Waals surface area contributed by atoms with Crippen LogP contribution in [0.4, 0.5) is 5.69 Å². The maximum atomic E-state index is 14.4. The molecule has 11 heteroatoms. The summed E-state index contributed by atoms with van der Waals surface area (Å²) in [5.74, 6) is 0.194. The summed E-state index contributed by atoms with van der Waals surface area (Å²) in [5.41, 5.74) is 0.985. The molecule has 2 amide bonds. The highest BCUT2D eigenvalue weighted by Gasteiger charge is 2.35. The average molecular weight is 642 g/mol. The van der Waals surface area contributed by atoms with Crippen LogP contribution < -0.4 is 19.1 Å². The monoisotopic (exact) mass is 641 g/mol. The quantitative estimate of drug-likeness (QED) is 0.238. The second kappa shape index (κ2) is 15.3. The maximum absolute atomic E-state index is 14.4. The van der Waals surface area contributed by atoms with Crippen molar-refractivity contribution in [2.45, 2.75) is 69.5 Å². The summed E-state index contributed by atoms with van der Waals surface area (Å²) in [6.07, 6.45) is 4.24. The molecular formula is C33H40ClN3O6S. The lowest BCUT2D eigenvalue weighted by Crippen LogP contribution is -2.53. The van der Waals surface area contributed by atoms with Crippen molar-refractivity contribution in [1.29, 1.82) is 0 Å². The molecule has 0 aromatic heterocycles. The van der Waals surface area contributed by atoms with Crippen LogP contribution in [0, 0.1) is 0 Å². The summed E-state index contributed by atoms with van der Waals surface area (Å²) >= 11 is 6.05. The number of carbonyl (C=O) groups excluding carboxylic acids is 2. The fourth-order valence-electron chi connectivity index (χ4n) is 5.40. The van der Waals surface area contributed by atoms with Gasteiger partial charge in [-0.3, -0.25) is 13.9 Å². The second-order valence-electron chi connectivity index (χ2n) is 10.7. The molecule has 1 aliphatic carbocycles. The normalized spacial score (nSPS) is 14.1. The third-order valence-corrected chi connectivity index (χ3v) is 9.74. The number of amides is 2. The van der Waals surface area contributed by atoms with E-state index in [0.29, 0.717) is 29.5 Å². The Kier molecular flexibility index (Phi) is 11.5. The first-order chi connectivity index (χ1) is 21.2. The number of ether oxygens (including phenoxy) is 2. The van der Waals surface area contributed by atoms with Crippen molar-refractivity contribution in [2.75, 3.05) is 24.6 Å². The summed E-state index contributed by atoms with van der Waals surface area (Å²) in [7, 11) is -2.69. The molecule has 0 saturated heterocycles. The first-order valence-corrected chi connectivity index (χ1v) is 16.7. The SMILES string of the molecule is CCOc1ccccc1N(CC(=O)N(Cc1ccc(OC)cc1)C(CC)C(=O)NC1CCCC1)S(=O)(=O)c1ccc(Cl)cc1. The molecule has 236 valence electrons. The third kappa shape index (κ3) is 8.04. The molecule has 9 nitrogen and oxygen atoms in total. The molecule has 4 rings (SSSR count). The van der Waals surface area contributed by atoms with Gasteiger partial charge in [0.2, 0.25) is 11.8 Å². The van der Waals surface area contributed by atoms with Crippen LogP contribution in [-0.4, -0.2) is 57.5 Å². The zero-order valence-corrected chi connectivity index (χ0v) is 26.9. The first kappa shape index (κ1) is 33.1. The molecule has 0 radical (unpaired) electrons. The molecule has 1 atom stereocenters. The summed E-state index contributed by atoms with van der Waals surface area (Å²) in [6, 6.07) is 18.9. The predicted octanol–water partition coefficient (Wildman–Crippen LogP) is 5.81. The van der Waals surface area contributed by atoms with Gasteiger partial charge in [-0.15, -0.1) is 0 Å². The van der Waals surface area contributed by atoms with E-state index in [1.165, 1.54) is 29.2 Å². The van der Waals surface area contributed by atoms with E-state index in [0.717, 1.165) is 35.6 Å². The van der Waals surface area contributed by atoms with E-state index < -0.39 is 28.5 Å². The van der Waals surface area contributed by atoms with Gasteiger partial charge in [-0.25, -0.2) is 8.42 Å². The molecule has 1 unspecified atom stereocenters. The molecule has 3 aromatic carbocycles. The number of nitrogens with one attached hydrogen (secondary N) is 1. The highest BCUT2D eigenvalue weighted by atomic mass is 35.5. The van der Waals surface area contributed by atoms with Gasteiger partial charge < -0.3 is 19.7 Å². The first-order valence-electron chi connectivity index (χ1n) is 14.9. The molecule has 0 spiro atoms. The lowest BCUT2D eigenvalue weighted by molar-refractivity contribution is -0.140. The molecule has 1 N–H and O–H groups in total. The van der Waals surface area contributed by atoms with Gasteiger partial charge in [0.1, 0.15) is 24.1 Å². The van der Waals surface area contributed by atoms with Gasteiger partial charge in [0.05, 0.1) is 24.3 Å². The fraction of sp³-hybridized carbons (Fsp3) is 0.394. The number of benzene rings is 3. The number of hydrogen-bond donors (Lipinski definition) is 1. The Hall–Kier alpha value is -3.76. The van der Waals surface area contributed by atoms with Gasteiger partial charge in [-0.2, -0.15) is 0 Å². The molecule has 44 heavy (non-hydrogen) atoms. The molecule has 3 aromatic rings. The fourth-order valence-corrected chi connectivity index (χ4v) is 6.95. The largest absolute Gasteiger partial charge is 0.497 e. The van der Waals surface area contributed by atoms with Crippen molar-refractivity contribution in [3.8, 4) is 11.5 Å². The van der Waals surface area contributed by atoms with E-state index in [-0.39, 0.29) is 29.1 Å². The van der Waals surface area contributed by atoms with E-state index >= 15 is 0 Å². The standard InChI is InChI=1S/C33H40ClN3O6S/c1-4-29(33(39)35-26-10-6-7-11-26)36(22-24-14-18-27(42-3)19-15-24)32(38)23-37(30-12-8-9-13-31(30)43-5-2)44(40,41)28-20-16-25(34)17-21-28/h8-9,12-21,26,29H,4-7,10-11,22-23H2,1-3H3,(H,35,39). The predicted molar refractivity (Wildman–Crippen MR) is 172 cm³/mol. The number of anilines is 1. The van der Waals surface area contributed by atoms with Crippen LogP contribution in [0.1, 0.15) is 51.5 Å². The number of halogens is 1. The molecule has 1 aliphatic rings. The molecule has 1 saturated carbocycles. The second-order valence-corrected chi connectivity index (χ2v) is 12.9. The number of methoxy groups -OCH3 is 1. The number of rotatable bonds is 14. The van der Waals surface area contributed by atoms with E-state index in [1.54, 1.807) is 50.4 Å². The number of sulfonamides is 1. The van der Waals surface area contributed by atoms with Crippen molar-refractivity contribution in [2.24, 2.45) is 0 Å². The van der Waals surface area contributed by atoms with Crippen LogP contribution in [0.5, 0.6) is 11.5 Å². The van der Waals surface area contributed by atoms with E-state index in [4.69, 9.17) is 21.1 Å². The van der Waals surface area contributed by atoms with Crippen molar-refractivity contribution in [3.63, 3.8) is 0 Å². The summed E-state index contributed by atoms with van der Waals surface area (Å²) in [6.45, 7) is 3.48. The topological polar surface area (TPSA) is 105 Å². The highest BCUT2D eigenvalue weighted by Crippen LogP contribution is 2.33. The number of hydrogen-bond acceptors (Lipinski definition) is 6. The van der Waals surface area contributed by atoms with Gasteiger partial charge in [0.15, 0.2) is 0 Å². The Morgan fingerprint density at radius 3 is 2.25 bits per heavy atom. The maximum Gasteiger partial charge on any atom is 0.264 e. The zero-order valence-electron chi connectivity index (χ0n) is 25.4. The van der Waals surface area contributed by atoms with Gasteiger partial charge in [-0.05, 0) is 80.3 Å². The van der Waals surface area contributed by atoms with E-state index in [1.807, 2.05) is 19.1 Å². The number of carbonyl (C=O) groups is 2. The highest BCUT2D eigenvalue weighted by molar-refractivity contribution is 7.92. The van der Waals surface area contributed by atoms with Crippen LogP contribution in [0.25, 0.3) is 0 Å². The van der Waals surface area contributed by atoms with Crippen LogP contribution in [0.3, 0.4) is 0 Å². The lowest BCUT2D eigenvalue weighted by atomic mass is 10.1. The summed E-state index contributed by atoms with van der Waals surface area (Å²) in [4.78, 5) is 29.4. The average Bonchev–Trinajstić information content (AvgIpc) is 3.53. The van der Waals surface area contributed by atoms with Crippen LogP contribution >= 0.6 is 11.6 Å². The minimum absolute atomic E-state index is 0.0336. The zero-order chi connectivity index (χ0) is 31.7. The summed E-state index contributed by atoms with van der Waals surface area (Å²) in [5, 5.41) is 3.50. The minimum atomic E-state index is -4.26. The molecule has 0 heterocycles. The van der Waals surface area contributed by atoms with Crippen molar-refractivity contribution >= 4 is 39.1 Å². The minimum Gasteiger partial charge on any atom is -0.497 e. The number of para-hydroxylation sites is 2. The van der Waals surface area contributed by atoms with Crippen molar-refractivity contribution in [3.05, 3.63) is 83.4 Å². The van der Waals surface area contributed by atoms with Crippen LogP contribution in [-0.2, 0) is 26.2 Å². The molecule has 0 bridgehead atoms. The van der Waals surface area contributed by atoms with Gasteiger partial charge in [0, 0.05) is 17.6 Å². The van der Waals surface area contributed by atoms with Crippen molar-refractivity contribution in [1.82, 2.24) is 10.2 Å². The molecule has 0 aliphatic heterocycles. The Bertz CT molecular complexity index is 1510. The van der Waals surface area contributed by atoms with E-state index in [9.17, 15) is 18.0 Å². The van der Waals surface area contributed by atoms with E-state index in [2.05, 4.69) is 5.32 Å². The lowest BCUT2D eigenvalue weighted by Gasteiger charge is -2.34. The van der Waals surface area contributed by atoms with Gasteiger partial charge in [-0.1, -0.05) is 55.6 Å². The Balaban J connectivity index is 1.75.